The number of allylic oxidation sites excluding steroid dienone is 1. The van der Waals surface area contributed by atoms with Gasteiger partial charge in [-0.25, -0.2) is 0 Å². The number of pyridine rings is 1. The average molecular weight is 256 g/mol. The number of carbonyl (C=O) groups excluding carboxylic acids is 1. The number of aryl methyl sites for hydroxylation is 1. The van der Waals surface area contributed by atoms with E-state index >= 15 is 0 Å². The third-order valence-electron chi connectivity index (χ3n) is 3.16. The standard InChI is InChI=1S/C15H16N2O2/c1-4-5-14(18)16-11-6-7-12-9(2)10(3)15(19)17-13(12)8-11/h4-8H,1-3H3,(H,16,18)(H,17,19)/b5-4-. The number of carbonyl (C=O) groups is 1. The highest BCUT2D eigenvalue weighted by Crippen LogP contribution is 2.20. The quantitative estimate of drug-likeness (QED) is 0.811. The monoisotopic (exact) mass is 256 g/mol. The Balaban J connectivity index is 2.50. The van der Waals surface area contributed by atoms with Crippen LogP contribution in [0.4, 0.5) is 5.69 Å². The lowest BCUT2D eigenvalue weighted by atomic mass is 10.1. The molecule has 0 saturated carbocycles. The molecule has 1 amide bonds. The molecule has 4 heteroatoms. The molecule has 2 N–H and O–H groups in total. The van der Waals surface area contributed by atoms with Crippen LogP contribution in [-0.2, 0) is 4.79 Å². The first-order chi connectivity index (χ1) is 9.02. The Morgan fingerprint density at radius 2 is 2.00 bits per heavy atom. The van der Waals surface area contributed by atoms with E-state index in [1.807, 2.05) is 19.1 Å². The molecule has 98 valence electrons. The van der Waals surface area contributed by atoms with Gasteiger partial charge >= 0.3 is 0 Å². The van der Waals surface area contributed by atoms with Crippen LogP contribution in [0.25, 0.3) is 10.9 Å². The molecule has 0 bridgehead atoms. The Bertz CT molecular complexity index is 727. The number of rotatable bonds is 2. The van der Waals surface area contributed by atoms with E-state index in [4.69, 9.17) is 0 Å². The van der Waals surface area contributed by atoms with Crippen molar-refractivity contribution in [2.45, 2.75) is 20.8 Å². The number of amides is 1. The molecule has 1 aromatic heterocycles. The summed E-state index contributed by atoms with van der Waals surface area (Å²) in [5.74, 6) is -0.187. The summed E-state index contributed by atoms with van der Waals surface area (Å²) in [4.78, 5) is 26.0. The fourth-order valence-corrected chi connectivity index (χ4v) is 1.98. The molecule has 4 nitrogen and oxygen atoms in total. The third kappa shape index (κ3) is 2.57. The predicted octanol–water partition coefficient (Wildman–Crippen LogP) is 2.66. The van der Waals surface area contributed by atoms with Crippen molar-refractivity contribution in [2.75, 3.05) is 5.32 Å². The molecule has 0 atom stereocenters. The third-order valence-corrected chi connectivity index (χ3v) is 3.16. The minimum Gasteiger partial charge on any atom is -0.322 e. The maximum Gasteiger partial charge on any atom is 0.251 e. The Morgan fingerprint density at radius 1 is 1.26 bits per heavy atom. The fraction of sp³-hybridized carbons (Fsp3) is 0.200. The van der Waals surface area contributed by atoms with E-state index in [-0.39, 0.29) is 11.5 Å². The zero-order chi connectivity index (χ0) is 14.0. The molecule has 0 unspecified atom stereocenters. The van der Waals surface area contributed by atoms with Crippen LogP contribution in [0.3, 0.4) is 0 Å². The second kappa shape index (κ2) is 5.10. The van der Waals surface area contributed by atoms with Gasteiger partial charge in [0.15, 0.2) is 0 Å². The van der Waals surface area contributed by atoms with Crippen molar-refractivity contribution in [1.29, 1.82) is 0 Å². The number of aromatic nitrogens is 1. The van der Waals surface area contributed by atoms with Crippen LogP contribution in [0.5, 0.6) is 0 Å². The molecule has 0 aliphatic heterocycles. The van der Waals surface area contributed by atoms with E-state index in [9.17, 15) is 9.59 Å². The lowest BCUT2D eigenvalue weighted by Crippen LogP contribution is -2.12. The first kappa shape index (κ1) is 13.1. The Hall–Kier alpha value is -2.36. The minimum absolute atomic E-state index is 0.0954. The van der Waals surface area contributed by atoms with Crippen LogP contribution in [-0.4, -0.2) is 10.9 Å². The van der Waals surface area contributed by atoms with E-state index in [2.05, 4.69) is 10.3 Å². The lowest BCUT2D eigenvalue weighted by Gasteiger charge is -2.08. The van der Waals surface area contributed by atoms with E-state index in [0.29, 0.717) is 5.69 Å². The zero-order valence-corrected chi connectivity index (χ0v) is 11.2. The molecular weight excluding hydrogens is 240 g/mol. The average Bonchev–Trinajstić information content (AvgIpc) is 2.36. The highest BCUT2D eigenvalue weighted by molar-refractivity contribution is 6.00. The highest BCUT2D eigenvalue weighted by Gasteiger charge is 2.06. The SMILES string of the molecule is C/C=C\C(=O)Nc1ccc2c(C)c(C)c(=O)[nH]c2c1. The second-order valence-corrected chi connectivity index (χ2v) is 4.45. The van der Waals surface area contributed by atoms with Crippen LogP contribution < -0.4 is 10.9 Å². The smallest absolute Gasteiger partial charge is 0.251 e. The summed E-state index contributed by atoms with van der Waals surface area (Å²) >= 11 is 0. The van der Waals surface area contributed by atoms with Gasteiger partial charge in [-0.1, -0.05) is 12.1 Å². The van der Waals surface area contributed by atoms with Gasteiger partial charge in [-0.2, -0.15) is 0 Å². The molecule has 19 heavy (non-hydrogen) atoms. The van der Waals surface area contributed by atoms with Gasteiger partial charge in [0.25, 0.3) is 5.56 Å². The fourth-order valence-electron chi connectivity index (χ4n) is 1.98. The number of H-pyrrole nitrogens is 1. The molecule has 0 saturated heterocycles. The van der Waals surface area contributed by atoms with Gasteiger partial charge < -0.3 is 10.3 Å². The van der Waals surface area contributed by atoms with Crippen LogP contribution in [0, 0.1) is 13.8 Å². The normalized spacial score (nSPS) is 11.1. The molecule has 2 aromatic rings. The molecule has 1 aromatic carbocycles. The second-order valence-electron chi connectivity index (χ2n) is 4.45. The summed E-state index contributed by atoms with van der Waals surface area (Å²) in [6.45, 7) is 5.50. The maximum atomic E-state index is 11.7. The number of hydrogen-bond acceptors (Lipinski definition) is 2. The van der Waals surface area contributed by atoms with Crippen molar-refractivity contribution in [2.24, 2.45) is 0 Å². The van der Waals surface area contributed by atoms with Gasteiger partial charge in [0.1, 0.15) is 0 Å². The van der Waals surface area contributed by atoms with E-state index in [0.717, 1.165) is 22.0 Å². The van der Waals surface area contributed by atoms with Crippen molar-refractivity contribution < 1.29 is 4.79 Å². The molecule has 0 aliphatic carbocycles. The zero-order valence-electron chi connectivity index (χ0n) is 11.2. The summed E-state index contributed by atoms with van der Waals surface area (Å²) in [7, 11) is 0. The molecule has 0 aliphatic rings. The van der Waals surface area contributed by atoms with E-state index in [1.54, 1.807) is 26.0 Å². The van der Waals surface area contributed by atoms with Crippen LogP contribution in [0.2, 0.25) is 0 Å². The molecule has 1 heterocycles. The van der Waals surface area contributed by atoms with E-state index in [1.165, 1.54) is 6.08 Å². The van der Waals surface area contributed by atoms with Gasteiger partial charge in [0.2, 0.25) is 5.91 Å². The molecule has 2 rings (SSSR count). The van der Waals surface area contributed by atoms with Crippen molar-refractivity contribution in [3.63, 3.8) is 0 Å². The van der Waals surface area contributed by atoms with Crippen molar-refractivity contribution in [3.8, 4) is 0 Å². The van der Waals surface area contributed by atoms with Crippen molar-refractivity contribution in [1.82, 2.24) is 4.98 Å². The summed E-state index contributed by atoms with van der Waals surface area (Å²) in [5, 5.41) is 3.73. The molecule has 0 fully saturated rings. The van der Waals surface area contributed by atoms with Gasteiger partial charge in [-0.3, -0.25) is 9.59 Å². The Labute approximate surface area is 111 Å². The number of fused-ring (bicyclic) bond motifs is 1. The van der Waals surface area contributed by atoms with Crippen LogP contribution in [0.1, 0.15) is 18.1 Å². The first-order valence-corrected chi connectivity index (χ1v) is 6.10. The summed E-state index contributed by atoms with van der Waals surface area (Å²) in [5.41, 5.74) is 2.98. The summed E-state index contributed by atoms with van der Waals surface area (Å²) in [6.07, 6.45) is 3.12. The van der Waals surface area contributed by atoms with Gasteiger partial charge in [0, 0.05) is 16.6 Å². The van der Waals surface area contributed by atoms with Crippen molar-refractivity contribution >= 4 is 22.5 Å². The number of benzene rings is 1. The molecule has 0 radical (unpaired) electrons. The Morgan fingerprint density at radius 3 is 2.68 bits per heavy atom. The summed E-state index contributed by atoms with van der Waals surface area (Å²) < 4.78 is 0. The van der Waals surface area contributed by atoms with E-state index < -0.39 is 0 Å². The largest absolute Gasteiger partial charge is 0.322 e. The molecule has 0 spiro atoms. The molecular formula is C15H16N2O2. The van der Waals surface area contributed by atoms with Crippen LogP contribution in [0.15, 0.2) is 35.1 Å². The number of nitrogens with one attached hydrogen (secondary N) is 2. The van der Waals surface area contributed by atoms with Crippen molar-refractivity contribution in [3.05, 3.63) is 51.8 Å². The number of anilines is 1. The predicted molar refractivity (Wildman–Crippen MR) is 77.5 cm³/mol. The lowest BCUT2D eigenvalue weighted by molar-refractivity contribution is -0.111. The minimum atomic E-state index is -0.187. The number of aromatic amines is 1. The number of hydrogen-bond donors (Lipinski definition) is 2. The van der Waals surface area contributed by atoms with Gasteiger partial charge in [0.05, 0.1) is 5.52 Å². The van der Waals surface area contributed by atoms with Crippen LogP contribution >= 0.6 is 0 Å². The maximum absolute atomic E-state index is 11.7. The highest BCUT2D eigenvalue weighted by atomic mass is 16.1. The topological polar surface area (TPSA) is 62.0 Å². The van der Waals surface area contributed by atoms with Gasteiger partial charge in [-0.15, -0.1) is 0 Å². The van der Waals surface area contributed by atoms with Gasteiger partial charge in [-0.05, 0) is 44.5 Å². The first-order valence-electron chi connectivity index (χ1n) is 6.10. The Kier molecular flexibility index (Phi) is 3.51. The summed E-state index contributed by atoms with van der Waals surface area (Å²) in [6, 6.07) is 5.50.